The Morgan fingerprint density at radius 3 is 2.60 bits per heavy atom. The van der Waals surface area contributed by atoms with Crippen LogP contribution in [0.15, 0.2) is 52.3 Å². The monoisotopic (exact) mass is 286 g/mol. The summed E-state index contributed by atoms with van der Waals surface area (Å²) in [5, 5.41) is 12.5. The molecule has 1 N–H and O–H groups in total. The van der Waals surface area contributed by atoms with Gasteiger partial charge in [0, 0.05) is 16.3 Å². The van der Waals surface area contributed by atoms with E-state index in [9.17, 15) is 9.65 Å². The highest BCUT2D eigenvalue weighted by Gasteiger charge is 2.06. The van der Waals surface area contributed by atoms with Crippen molar-refractivity contribution in [2.45, 2.75) is 23.3 Å². The van der Waals surface area contributed by atoms with E-state index in [2.05, 4.69) is 11.4 Å². The fourth-order valence-corrected chi connectivity index (χ4v) is 2.64. The Hall–Kier alpha value is -1.83. The SMILES string of the molecule is CCNCc1ccc(Sc2ccc(F)cc2)c(C#N)c1. The Morgan fingerprint density at radius 2 is 1.95 bits per heavy atom. The molecule has 0 saturated carbocycles. The molecule has 102 valence electrons. The van der Waals surface area contributed by atoms with Crippen LogP contribution in [0.1, 0.15) is 18.1 Å². The number of nitrogens with one attached hydrogen (secondary N) is 1. The van der Waals surface area contributed by atoms with Gasteiger partial charge in [0.25, 0.3) is 0 Å². The van der Waals surface area contributed by atoms with E-state index in [4.69, 9.17) is 0 Å². The molecule has 0 bridgehead atoms. The van der Waals surface area contributed by atoms with Crippen LogP contribution >= 0.6 is 11.8 Å². The van der Waals surface area contributed by atoms with Crippen molar-refractivity contribution in [2.24, 2.45) is 0 Å². The summed E-state index contributed by atoms with van der Waals surface area (Å²) in [7, 11) is 0. The second kappa shape index (κ2) is 7.09. The van der Waals surface area contributed by atoms with Crippen molar-refractivity contribution in [2.75, 3.05) is 6.54 Å². The summed E-state index contributed by atoms with van der Waals surface area (Å²) in [6.07, 6.45) is 0. The molecule has 0 radical (unpaired) electrons. The predicted octanol–water partition coefficient (Wildman–Crippen LogP) is 3.96. The van der Waals surface area contributed by atoms with E-state index in [0.717, 1.165) is 28.4 Å². The Balaban J connectivity index is 2.19. The van der Waals surface area contributed by atoms with E-state index in [1.54, 1.807) is 12.1 Å². The molecule has 0 aliphatic carbocycles. The van der Waals surface area contributed by atoms with E-state index in [-0.39, 0.29) is 5.82 Å². The zero-order valence-electron chi connectivity index (χ0n) is 11.2. The molecule has 2 aromatic carbocycles. The van der Waals surface area contributed by atoms with Crippen molar-refractivity contribution in [3.05, 3.63) is 59.4 Å². The van der Waals surface area contributed by atoms with Gasteiger partial charge in [0.05, 0.1) is 5.56 Å². The van der Waals surface area contributed by atoms with Crippen LogP contribution in [0.3, 0.4) is 0 Å². The van der Waals surface area contributed by atoms with Gasteiger partial charge in [-0.1, -0.05) is 24.8 Å². The average Bonchev–Trinajstić information content (AvgIpc) is 2.48. The maximum absolute atomic E-state index is 12.9. The third kappa shape index (κ3) is 3.83. The lowest BCUT2D eigenvalue weighted by atomic mass is 10.1. The van der Waals surface area contributed by atoms with Crippen molar-refractivity contribution in [3.8, 4) is 6.07 Å². The van der Waals surface area contributed by atoms with Gasteiger partial charge in [0.2, 0.25) is 0 Å². The average molecular weight is 286 g/mol. The van der Waals surface area contributed by atoms with Crippen LogP contribution in [0, 0.1) is 17.1 Å². The minimum Gasteiger partial charge on any atom is -0.313 e. The second-order valence-corrected chi connectivity index (χ2v) is 5.39. The van der Waals surface area contributed by atoms with Gasteiger partial charge in [-0.15, -0.1) is 0 Å². The molecule has 0 fully saturated rings. The summed E-state index contributed by atoms with van der Waals surface area (Å²) in [4.78, 5) is 1.81. The lowest BCUT2D eigenvalue weighted by molar-refractivity contribution is 0.626. The zero-order valence-corrected chi connectivity index (χ0v) is 12.0. The van der Waals surface area contributed by atoms with Crippen molar-refractivity contribution >= 4 is 11.8 Å². The summed E-state index contributed by atoms with van der Waals surface area (Å²) in [5.74, 6) is -0.254. The Bertz CT molecular complexity index is 617. The molecule has 0 aliphatic rings. The number of halogens is 1. The standard InChI is InChI=1S/C16H15FN2S/c1-2-19-11-12-3-8-16(13(9-12)10-18)20-15-6-4-14(17)5-7-15/h3-9,19H,2,11H2,1H3. The normalized spacial score (nSPS) is 10.2. The molecule has 0 unspecified atom stereocenters. The number of nitrogens with zero attached hydrogens (tertiary/aromatic N) is 1. The van der Waals surface area contributed by atoms with Crippen LogP contribution in [-0.2, 0) is 6.54 Å². The smallest absolute Gasteiger partial charge is 0.123 e. The minimum atomic E-state index is -0.254. The van der Waals surface area contributed by atoms with Crippen molar-refractivity contribution in [3.63, 3.8) is 0 Å². The predicted molar refractivity (Wildman–Crippen MR) is 79.1 cm³/mol. The molecule has 0 aromatic heterocycles. The number of hydrogen-bond acceptors (Lipinski definition) is 3. The van der Waals surface area contributed by atoms with Crippen LogP contribution in [0.2, 0.25) is 0 Å². The fourth-order valence-electron chi connectivity index (χ4n) is 1.76. The molecule has 0 spiro atoms. The maximum atomic E-state index is 12.9. The van der Waals surface area contributed by atoms with Crippen LogP contribution < -0.4 is 5.32 Å². The lowest BCUT2D eigenvalue weighted by Gasteiger charge is -2.07. The Kier molecular flexibility index (Phi) is 5.16. The maximum Gasteiger partial charge on any atom is 0.123 e. The first-order valence-electron chi connectivity index (χ1n) is 6.40. The van der Waals surface area contributed by atoms with Gasteiger partial charge in [-0.2, -0.15) is 5.26 Å². The Labute approximate surface area is 122 Å². The molecule has 4 heteroatoms. The highest BCUT2D eigenvalue weighted by molar-refractivity contribution is 7.99. The topological polar surface area (TPSA) is 35.8 Å². The van der Waals surface area contributed by atoms with Crippen LogP contribution in [-0.4, -0.2) is 6.54 Å². The van der Waals surface area contributed by atoms with E-state index in [0.29, 0.717) is 5.56 Å². The summed E-state index contributed by atoms with van der Waals surface area (Å²) in [6, 6.07) is 14.4. The van der Waals surface area contributed by atoms with E-state index >= 15 is 0 Å². The lowest BCUT2D eigenvalue weighted by Crippen LogP contribution is -2.11. The number of benzene rings is 2. The molecule has 2 aromatic rings. The molecule has 0 aliphatic heterocycles. The van der Waals surface area contributed by atoms with Crippen molar-refractivity contribution in [1.82, 2.24) is 5.32 Å². The van der Waals surface area contributed by atoms with Gasteiger partial charge < -0.3 is 5.32 Å². The van der Waals surface area contributed by atoms with Crippen LogP contribution in [0.4, 0.5) is 4.39 Å². The van der Waals surface area contributed by atoms with E-state index in [1.807, 2.05) is 25.1 Å². The molecule has 0 saturated heterocycles. The second-order valence-electron chi connectivity index (χ2n) is 4.28. The first kappa shape index (κ1) is 14.6. The minimum absolute atomic E-state index is 0.254. The molecule has 0 amide bonds. The number of rotatable bonds is 5. The third-order valence-electron chi connectivity index (χ3n) is 2.78. The molecular weight excluding hydrogens is 271 g/mol. The summed E-state index contributed by atoms with van der Waals surface area (Å²) < 4.78 is 12.9. The molecule has 2 rings (SSSR count). The van der Waals surface area contributed by atoms with E-state index in [1.165, 1.54) is 23.9 Å². The molecule has 20 heavy (non-hydrogen) atoms. The van der Waals surface area contributed by atoms with Crippen LogP contribution in [0.5, 0.6) is 0 Å². The highest BCUT2D eigenvalue weighted by atomic mass is 32.2. The third-order valence-corrected chi connectivity index (χ3v) is 3.87. The van der Waals surface area contributed by atoms with Gasteiger partial charge in [-0.05, 0) is 48.5 Å². The van der Waals surface area contributed by atoms with Gasteiger partial charge >= 0.3 is 0 Å². The molecule has 2 nitrogen and oxygen atoms in total. The first-order chi connectivity index (χ1) is 9.72. The quantitative estimate of drug-likeness (QED) is 0.903. The Morgan fingerprint density at radius 1 is 1.20 bits per heavy atom. The first-order valence-corrected chi connectivity index (χ1v) is 7.21. The van der Waals surface area contributed by atoms with Gasteiger partial charge in [0.1, 0.15) is 11.9 Å². The molecule has 0 atom stereocenters. The van der Waals surface area contributed by atoms with Gasteiger partial charge in [0.15, 0.2) is 0 Å². The summed E-state index contributed by atoms with van der Waals surface area (Å²) in [5.41, 5.74) is 1.74. The number of hydrogen-bond donors (Lipinski definition) is 1. The molecular formula is C16H15FN2S. The van der Waals surface area contributed by atoms with Gasteiger partial charge in [-0.25, -0.2) is 4.39 Å². The van der Waals surface area contributed by atoms with E-state index < -0.39 is 0 Å². The summed E-state index contributed by atoms with van der Waals surface area (Å²) >= 11 is 1.47. The van der Waals surface area contributed by atoms with Crippen LogP contribution in [0.25, 0.3) is 0 Å². The highest BCUT2D eigenvalue weighted by Crippen LogP contribution is 2.30. The zero-order chi connectivity index (χ0) is 14.4. The van der Waals surface area contributed by atoms with Crippen molar-refractivity contribution < 1.29 is 4.39 Å². The summed E-state index contributed by atoms with van der Waals surface area (Å²) in [6.45, 7) is 3.70. The fraction of sp³-hybridized carbons (Fsp3) is 0.188. The van der Waals surface area contributed by atoms with Crippen molar-refractivity contribution in [1.29, 1.82) is 5.26 Å². The van der Waals surface area contributed by atoms with Gasteiger partial charge in [-0.3, -0.25) is 0 Å². The largest absolute Gasteiger partial charge is 0.313 e. The number of nitriles is 1. The molecule has 0 heterocycles.